The smallest absolute Gasteiger partial charge is 0.313 e. The molecule has 2 aromatic carbocycles. The first kappa shape index (κ1) is 16.9. The fraction of sp³-hybridized carbons (Fsp3) is 0.125. The van der Waals surface area contributed by atoms with Gasteiger partial charge in [-0.3, -0.25) is 9.59 Å². The molecule has 2 amide bonds. The summed E-state index contributed by atoms with van der Waals surface area (Å²) in [7, 11) is 0. The molecule has 0 fully saturated rings. The summed E-state index contributed by atoms with van der Waals surface area (Å²) in [4.78, 5) is 23.6. The van der Waals surface area contributed by atoms with E-state index < -0.39 is 29.5 Å². The maximum atomic E-state index is 13.4. The SMILES string of the molecule is C[C@@H](NC(=O)C(=O)Nc1ccccc1F)c1ccc(F)cc1Cl. The predicted octanol–water partition coefficient (Wildman–Crippen LogP) is 3.43. The molecule has 0 radical (unpaired) electrons. The van der Waals surface area contributed by atoms with Gasteiger partial charge in [0.15, 0.2) is 0 Å². The van der Waals surface area contributed by atoms with Crippen molar-refractivity contribution in [2.24, 2.45) is 0 Å². The topological polar surface area (TPSA) is 58.2 Å². The largest absolute Gasteiger partial charge is 0.341 e. The van der Waals surface area contributed by atoms with E-state index in [2.05, 4.69) is 10.6 Å². The highest BCUT2D eigenvalue weighted by molar-refractivity contribution is 6.39. The fourth-order valence-corrected chi connectivity index (χ4v) is 2.27. The molecule has 0 aromatic heterocycles. The molecule has 2 rings (SSSR count). The van der Waals surface area contributed by atoms with Gasteiger partial charge >= 0.3 is 11.8 Å². The van der Waals surface area contributed by atoms with Crippen molar-refractivity contribution in [2.45, 2.75) is 13.0 Å². The van der Waals surface area contributed by atoms with Crippen LogP contribution < -0.4 is 10.6 Å². The Morgan fingerprint density at radius 3 is 2.43 bits per heavy atom. The van der Waals surface area contributed by atoms with E-state index in [1.807, 2.05) is 0 Å². The van der Waals surface area contributed by atoms with Crippen LogP contribution in [0.2, 0.25) is 5.02 Å². The standard InChI is InChI=1S/C16H13ClF2N2O2/c1-9(11-7-6-10(18)8-12(11)17)20-15(22)16(23)21-14-5-3-2-4-13(14)19/h2-9H,1H3,(H,20,22)(H,21,23)/t9-/m1/s1. The van der Waals surface area contributed by atoms with Crippen LogP contribution in [0.4, 0.5) is 14.5 Å². The van der Waals surface area contributed by atoms with Crippen LogP contribution >= 0.6 is 11.6 Å². The molecule has 0 bridgehead atoms. The number of benzene rings is 2. The molecule has 23 heavy (non-hydrogen) atoms. The van der Waals surface area contributed by atoms with Gasteiger partial charge in [0.1, 0.15) is 11.6 Å². The molecule has 0 saturated carbocycles. The number of hydrogen-bond acceptors (Lipinski definition) is 2. The van der Waals surface area contributed by atoms with Crippen molar-refractivity contribution >= 4 is 29.1 Å². The van der Waals surface area contributed by atoms with E-state index in [0.717, 1.165) is 12.1 Å². The zero-order chi connectivity index (χ0) is 17.0. The molecule has 2 N–H and O–H groups in total. The van der Waals surface area contributed by atoms with Gasteiger partial charge in [0.05, 0.1) is 11.7 Å². The molecule has 0 spiro atoms. The van der Waals surface area contributed by atoms with E-state index in [4.69, 9.17) is 11.6 Å². The summed E-state index contributed by atoms with van der Waals surface area (Å²) in [5.41, 5.74) is 0.361. The van der Waals surface area contributed by atoms with Gasteiger partial charge in [-0.2, -0.15) is 0 Å². The number of carbonyl (C=O) groups is 2. The average molecular weight is 339 g/mol. The van der Waals surface area contributed by atoms with Crippen molar-refractivity contribution in [2.75, 3.05) is 5.32 Å². The molecule has 1 atom stereocenters. The Bertz CT molecular complexity index is 753. The Morgan fingerprint density at radius 1 is 1.09 bits per heavy atom. The first-order valence-corrected chi connectivity index (χ1v) is 7.07. The summed E-state index contributed by atoms with van der Waals surface area (Å²) < 4.78 is 26.4. The van der Waals surface area contributed by atoms with Crippen LogP contribution in [0.25, 0.3) is 0 Å². The van der Waals surface area contributed by atoms with Gasteiger partial charge in [0.2, 0.25) is 0 Å². The number of halogens is 3. The Balaban J connectivity index is 2.03. The zero-order valence-electron chi connectivity index (χ0n) is 12.1. The zero-order valence-corrected chi connectivity index (χ0v) is 12.8. The number of hydrogen-bond donors (Lipinski definition) is 2. The Labute approximate surface area is 136 Å². The van der Waals surface area contributed by atoms with Gasteiger partial charge in [-0.1, -0.05) is 29.8 Å². The van der Waals surface area contributed by atoms with Crippen LogP contribution in [0.1, 0.15) is 18.5 Å². The third kappa shape index (κ3) is 4.26. The maximum absolute atomic E-state index is 13.4. The van der Waals surface area contributed by atoms with Crippen molar-refractivity contribution in [3.05, 3.63) is 64.7 Å². The number of para-hydroxylation sites is 1. The predicted molar refractivity (Wildman–Crippen MR) is 83.0 cm³/mol. The lowest BCUT2D eigenvalue weighted by Gasteiger charge is -2.15. The third-order valence-corrected chi connectivity index (χ3v) is 3.43. The summed E-state index contributed by atoms with van der Waals surface area (Å²) in [6, 6.07) is 8.58. The van der Waals surface area contributed by atoms with Crippen molar-refractivity contribution in [3.8, 4) is 0 Å². The highest BCUT2D eigenvalue weighted by atomic mass is 35.5. The summed E-state index contributed by atoms with van der Waals surface area (Å²) in [6.07, 6.45) is 0. The van der Waals surface area contributed by atoms with Gasteiger partial charge in [-0.25, -0.2) is 8.78 Å². The molecule has 0 aliphatic carbocycles. The molecule has 0 unspecified atom stereocenters. The average Bonchev–Trinajstić information content (AvgIpc) is 2.49. The monoisotopic (exact) mass is 338 g/mol. The molecule has 7 heteroatoms. The van der Waals surface area contributed by atoms with Crippen LogP contribution in [0.3, 0.4) is 0 Å². The summed E-state index contributed by atoms with van der Waals surface area (Å²) in [6.45, 7) is 1.59. The normalized spacial score (nSPS) is 11.7. The number of anilines is 1. The second kappa shape index (κ2) is 7.19. The summed E-state index contributed by atoms with van der Waals surface area (Å²) >= 11 is 5.90. The van der Waals surface area contributed by atoms with E-state index in [0.29, 0.717) is 5.56 Å². The number of carbonyl (C=O) groups excluding carboxylic acids is 2. The van der Waals surface area contributed by atoms with Crippen molar-refractivity contribution in [1.29, 1.82) is 0 Å². The summed E-state index contributed by atoms with van der Waals surface area (Å²) in [5.74, 6) is -3.13. The number of amides is 2. The Morgan fingerprint density at radius 2 is 1.78 bits per heavy atom. The molecule has 0 aliphatic heterocycles. The molecule has 2 aromatic rings. The minimum absolute atomic E-state index is 0.0971. The van der Waals surface area contributed by atoms with Crippen LogP contribution in [0.15, 0.2) is 42.5 Å². The Hall–Kier alpha value is -2.47. The van der Waals surface area contributed by atoms with Crippen molar-refractivity contribution in [3.63, 3.8) is 0 Å². The van der Waals surface area contributed by atoms with Crippen LogP contribution in [-0.4, -0.2) is 11.8 Å². The lowest BCUT2D eigenvalue weighted by atomic mass is 10.1. The van der Waals surface area contributed by atoms with E-state index >= 15 is 0 Å². The quantitative estimate of drug-likeness (QED) is 0.842. The minimum Gasteiger partial charge on any atom is -0.341 e. The van der Waals surface area contributed by atoms with Crippen molar-refractivity contribution in [1.82, 2.24) is 5.32 Å². The first-order valence-electron chi connectivity index (χ1n) is 6.70. The van der Waals surface area contributed by atoms with Crippen LogP contribution in [-0.2, 0) is 9.59 Å². The molecule has 120 valence electrons. The first-order chi connectivity index (χ1) is 10.9. The van der Waals surface area contributed by atoms with Gasteiger partial charge in [0, 0.05) is 5.02 Å². The molecule has 4 nitrogen and oxygen atoms in total. The molecular weight excluding hydrogens is 326 g/mol. The second-order valence-electron chi connectivity index (χ2n) is 4.79. The van der Waals surface area contributed by atoms with E-state index in [1.54, 1.807) is 6.92 Å². The number of rotatable bonds is 3. The number of nitrogens with one attached hydrogen (secondary N) is 2. The van der Waals surface area contributed by atoms with Gasteiger partial charge in [0.25, 0.3) is 0 Å². The van der Waals surface area contributed by atoms with Crippen LogP contribution in [0, 0.1) is 11.6 Å². The van der Waals surface area contributed by atoms with Crippen LogP contribution in [0.5, 0.6) is 0 Å². The summed E-state index contributed by atoms with van der Waals surface area (Å²) in [5, 5.41) is 4.72. The molecule has 0 aliphatic rings. The maximum Gasteiger partial charge on any atom is 0.313 e. The van der Waals surface area contributed by atoms with E-state index in [1.165, 1.54) is 30.3 Å². The van der Waals surface area contributed by atoms with E-state index in [-0.39, 0.29) is 10.7 Å². The van der Waals surface area contributed by atoms with Gasteiger partial charge in [-0.05, 0) is 36.8 Å². The molecular formula is C16H13ClF2N2O2. The molecule has 0 heterocycles. The lowest BCUT2D eigenvalue weighted by Crippen LogP contribution is -2.37. The highest BCUT2D eigenvalue weighted by Gasteiger charge is 2.19. The van der Waals surface area contributed by atoms with Gasteiger partial charge < -0.3 is 10.6 Å². The van der Waals surface area contributed by atoms with Crippen molar-refractivity contribution < 1.29 is 18.4 Å². The highest BCUT2D eigenvalue weighted by Crippen LogP contribution is 2.23. The second-order valence-corrected chi connectivity index (χ2v) is 5.20. The fourth-order valence-electron chi connectivity index (χ4n) is 1.93. The Kier molecular flexibility index (Phi) is 5.28. The lowest BCUT2D eigenvalue weighted by molar-refractivity contribution is -0.136. The third-order valence-electron chi connectivity index (χ3n) is 3.10. The van der Waals surface area contributed by atoms with Gasteiger partial charge in [-0.15, -0.1) is 0 Å². The minimum atomic E-state index is -1.01. The molecule has 0 saturated heterocycles. The van der Waals surface area contributed by atoms with E-state index in [9.17, 15) is 18.4 Å².